The Bertz CT molecular complexity index is 1320. The van der Waals surface area contributed by atoms with Crippen LogP contribution in [-0.4, -0.2) is 60.4 Å². The van der Waals surface area contributed by atoms with Crippen LogP contribution in [0.3, 0.4) is 0 Å². The molecule has 1 fully saturated rings. The number of hydrogen-bond donors (Lipinski definition) is 1. The summed E-state index contributed by atoms with van der Waals surface area (Å²) in [5.41, 5.74) is 3.68. The van der Waals surface area contributed by atoms with Gasteiger partial charge in [-0.05, 0) is 75.9 Å². The molecule has 4 rings (SSSR count). The topological polar surface area (TPSA) is 105 Å². The Morgan fingerprint density at radius 3 is 2.48 bits per heavy atom. The van der Waals surface area contributed by atoms with Gasteiger partial charge in [-0.25, -0.2) is 4.79 Å². The summed E-state index contributed by atoms with van der Waals surface area (Å²) >= 11 is 6.09. The van der Waals surface area contributed by atoms with E-state index in [1.165, 1.54) is 24.8 Å². The van der Waals surface area contributed by atoms with Crippen molar-refractivity contribution in [3.05, 3.63) is 97.5 Å². The molecular formula is C30H35ClN4O5. The van der Waals surface area contributed by atoms with Crippen LogP contribution in [0.2, 0.25) is 5.02 Å². The number of nitrogens with zero attached hydrogens (tertiary/aromatic N) is 3. The van der Waals surface area contributed by atoms with E-state index < -0.39 is 16.8 Å². The Morgan fingerprint density at radius 2 is 1.85 bits per heavy atom. The molecule has 40 heavy (non-hydrogen) atoms. The predicted molar refractivity (Wildman–Crippen MR) is 154 cm³/mol. The maximum atomic E-state index is 12.9. The van der Waals surface area contributed by atoms with Crippen LogP contribution in [0.25, 0.3) is 0 Å². The number of methoxy groups -OCH3 is 1. The lowest BCUT2D eigenvalue weighted by Gasteiger charge is -2.36. The van der Waals surface area contributed by atoms with Gasteiger partial charge in [0.2, 0.25) is 6.41 Å². The number of carbonyl (C=O) groups is 2. The summed E-state index contributed by atoms with van der Waals surface area (Å²) in [5.74, 6) is -0.762. The standard InChI is InChI=1S/C30H35ClN4O5/c1-20-27(30(37)40-3)28(24-10-11-25(31)26(18-24)35(38)39)29(21(2)32-20)34(19-36)15-7-14-33-16-12-23(13-17-33)22-8-5-4-6-9-22/h4-6,8-11,18-19,23,28,32H,7,12-17H2,1-3H3. The third kappa shape index (κ3) is 6.37. The number of likely N-dealkylation sites (tertiary alicyclic amines) is 1. The molecule has 1 amide bonds. The summed E-state index contributed by atoms with van der Waals surface area (Å²) in [4.78, 5) is 40.5. The van der Waals surface area contributed by atoms with Gasteiger partial charge in [0.25, 0.3) is 5.69 Å². The smallest absolute Gasteiger partial charge is 0.336 e. The number of nitrogens with one attached hydrogen (secondary N) is 1. The lowest BCUT2D eigenvalue weighted by molar-refractivity contribution is -0.384. The van der Waals surface area contributed by atoms with Gasteiger partial charge in [0.15, 0.2) is 0 Å². The van der Waals surface area contributed by atoms with Crippen LogP contribution in [0.4, 0.5) is 5.69 Å². The van der Waals surface area contributed by atoms with Crippen molar-refractivity contribution in [2.24, 2.45) is 0 Å². The van der Waals surface area contributed by atoms with E-state index >= 15 is 0 Å². The molecular weight excluding hydrogens is 532 g/mol. The molecule has 212 valence electrons. The van der Waals surface area contributed by atoms with Crippen molar-refractivity contribution in [1.82, 2.24) is 15.1 Å². The molecule has 2 heterocycles. The van der Waals surface area contributed by atoms with Crippen LogP contribution in [0.1, 0.15) is 56.1 Å². The largest absolute Gasteiger partial charge is 0.466 e. The van der Waals surface area contributed by atoms with E-state index in [0.717, 1.165) is 45.3 Å². The Morgan fingerprint density at radius 1 is 1.15 bits per heavy atom. The maximum Gasteiger partial charge on any atom is 0.336 e. The zero-order valence-corrected chi connectivity index (χ0v) is 23.8. The second-order valence-corrected chi connectivity index (χ2v) is 10.7. The highest BCUT2D eigenvalue weighted by Gasteiger charge is 2.37. The fourth-order valence-electron chi connectivity index (χ4n) is 5.83. The number of dihydropyridines is 1. The molecule has 9 nitrogen and oxygen atoms in total. The quantitative estimate of drug-likeness (QED) is 0.179. The molecule has 2 aliphatic rings. The first-order valence-electron chi connectivity index (χ1n) is 13.4. The number of benzene rings is 2. The zero-order chi connectivity index (χ0) is 28.8. The minimum Gasteiger partial charge on any atom is -0.466 e. The van der Waals surface area contributed by atoms with Crippen LogP contribution in [0.15, 0.2) is 71.2 Å². The summed E-state index contributed by atoms with van der Waals surface area (Å²) in [6, 6.07) is 15.1. The van der Waals surface area contributed by atoms with Crippen LogP contribution < -0.4 is 5.32 Å². The maximum absolute atomic E-state index is 12.9. The number of hydrogen-bond acceptors (Lipinski definition) is 7. The van der Waals surface area contributed by atoms with E-state index in [1.54, 1.807) is 17.9 Å². The van der Waals surface area contributed by atoms with E-state index in [0.29, 0.717) is 35.1 Å². The van der Waals surface area contributed by atoms with Crippen LogP contribution in [0, 0.1) is 10.1 Å². The van der Waals surface area contributed by atoms with E-state index in [-0.39, 0.29) is 16.3 Å². The van der Waals surface area contributed by atoms with Crippen LogP contribution in [-0.2, 0) is 14.3 Å². The van der Waals surface area contributed by atoms with E-state index in [4.69, 9.17) is 16.3 Å². The van der Waals surface area contributed by atoms with Gasteiger partial charge in [0.1, 0.15) is 5.02 Å². The van der Waals surface area contributed by atoms with Crippen molar-refractivity contribution < 1.29 is 19.2 Å². The van der Waals surface area contributed by atoms with Gasteiger partial charge < -0.3 is 19.9 Å². The summed E-state index contributed by atoms with van der Waals surface area (Å²) in [6.07, 6.45) is 3.68. The highest BCUT2D eigenvalue weighted by molar-refractivity contribution is 6.32. The number of halogens is 1. The third-order valence-electron chi connectivity index (χ3n) is 7.80. The van der Waals surface area contributed by atoms with Crippen LogP contribution in [0.5, 0.6) is 0 Å². The molecule has 1 atom stereocenters. The number of nitro groups is 1. The molecule has 1 saturated heterocycles. The fourth-order valence-corrected chi connectivity index (χ4v) is 6.01. The van der Waals surface area contributed by atoms with Crippen molar-refractivity contribution in [1.29, 1.82) is 0 Å². The van der Waals surface area contributed by atoms with Gasteiger partial charge in [-0.1, -0.05) is 48.0 Å². The molecule has 2 aliphatic heterocycles. The summed E-state index contributed by atoms with van der Waals surface area (Å²) in [5, 5.41) is 14.8. The molecule has 0 aromatic heterocycles. The highest BCUT2D eigenvalue weighted by Crippen LogP contribution is 2.42. The number of amides is 1. The Kier molecular flexibility index (Phi) is 9.60. The number of piperidine rings is 1. The molecule has 10 heteroatoms. The van der Waals surface area contributed by atoms with E-state index in [2.05, 4.69) is 34.5 Å². The predicted octanol–water partition coefficient (Wildman–Crippen LogP) is 5.34. The van der Waals surface area contributed by atoms with Crippen molar-refractivity contribution in [3.63, 3.8) is 0 Å². The lowest BCUT2D eigenvalue weighted by atomic mass is 9.83. The molecule has 0 saturated carbocycles. The average molecular weight is 567 g/mol. The van der Waals surface area contributed by atoms with Crippen molar-refractivity contribution in [3.8, 4) is 0 Å². The first-order valence-corrected chi connectivity index (χ1v) is 13.8. The first kappa shape index (κ1) is 29.3. The molecule has 1 N–H and O–H groups in total. The summed E-state index contributed by atoms with van der Waals surface area (Å²) in [6.45, 7) is 6.83. The minimum atomic E-state index is -0.753. The molecule has 0 radical (unpaired) electrons. The van der Waals surface area contributed by atoms with Crippen LogP contribution >= 0.6 is 11.6 Å². The minimum absolute atomic E-state index is 0.00599. The van der Waals surface area contributed by atoms with Crippen molar-refractivity contribution >= 4 is 29.7 Å². The molecule has 0 spiro atoms. The number of allylic oxidation sites excluding steroid dienone is 3. The van der Waals surface area contributed by atoms with Gasteiger partial charge in [0.05, 0.1) is 29.2 Å². The van der Waals surface area contributed by atoms with Gasteiger partial charge in [-0.2, -0.15) is 0 Å². The second kappa shape index (κ2) is 13.1. The number of nitro benzene ring substituents is 1. The molecule has 1 unspecified atom stereocenters. The van der Waals surface area contributed by atoms with Gasteiger partial charge in [-0.3, -0.25) is 14.9 Å². The number of carbonyl (C=O) groups excluding carboxylic acids is 2. The van der Waals surface area contributed by atoms with Gasteiger partial charge in [-0.15, -0.1) is 0 Å². The fraction of sp³-hybridized carbons (Fsp3) is 0.400. The normalized spacial score (nSPS) is 18.4. The highest BCUT2D eigenvalue weighted by atomic mass is 35.5. The summed E-state index contributed by atoms with van der Waals surface area (Å²) in [7, 11) is 1.29. The zero-order valence-electron chi connectivity index (χ0n) is 23.1. The lowest BCUT2D eigenvalue weighted by Crippen LogP contribution is -2.38. The molecule has 2 aromatic carbocycles. The number of esters is 1. The average Bonchev–Trinajstić information content (AvgIpc) is 2.96. The van der Waals surface area contributed by atoms with Gasteiger partial charge >= 0.3 is 5.97 Å². The molecule has 0 aliphatic carbocycles. The monoisotopic (exact) mass is 566 g/mol. The Balaban J connectivity index is 1.52. The van der Waals surface area contributed by atoms with Crippen molar-refractivity contribution in [2.75, 3.05) is 33.3 Å². The first-order chi connectivity index (χ1) is 19.2. The second-order valence-electron chi connectivity index (χ2n) is 10.2. The van der Waals surface area contributed by atoms with Gasteiger partial charge in [0, 0.05) is 24.0 Å². The number of ether oxygens (including phenoxy) is 1. The number of rotatable bonds is 10. The summed E-state index contributed by atoms with van der Waals surface area (Å²) < 4.78 is 5.08. The third-order valence-corrected chi connectivity index (χ3v) is 8.12. The van der Waals surface area contributed by atoms with E-state index in [1.807, 2.05) is 13.0 Å². The Hall–Kier alpha value is -3.69. The Labute approximate surface area is 239 Å². The molecule has 0 bridgehead atoms. The molecule has 2 aromatic rings. The SMILES string of the molecule is COC(=O)C1=C(C)NC(C)=C(N(C=O)CCCN2CCC(c3ccccc3)CC2)C1c1ccc(Cl)c([N+](=O)[O-])c1. The van der Waals surface area contributed by atoms with E-state index in [9.17, 15) is 19.7 Å². The van der Waals surface area contributed by atoms with Crippen molar-refractivity contribution in [2.45, 2.75) is 44.9 Å².